The number of nitrogens with zero attached hydrogens (tertiary/aromatic N) is 1. The minimum atomic E-state index is -3.87. The quantitative estimate of drug-likeness (QED) is 0.689. The number of sulfonamides is 1. The second kappa shape index (κ2) is 7.98. The van der Waals surface area contributed by atoms with Crippen molar-refractivity contribution in [3.8, 4) is 0 Å². The Hall–Kier alpha value is -2.93. The highest BCUT2D eigenvalue weighted by Crippen LogP contribution is 2.24. The van der Waals surface area contributed by atoms with Gasteiger partial charge in [0, 0.05) is 6.54 Å². The number of benzene rings is 3. The van der Waals surface area contributed by atoms with Crippen LogP contribution >= 0.6 is 0 Å². The highest BCUT2D eigenvalue weighted by Gasteiger charge is 2.30. The fraction of sp³-hybridized carbons (Fsp3) is 0.190. The summed E-state index contributed by atoms with van der Waals surface area (Å²) in [5, 5.41) is 4.82. The molecule has 5 nitrogen and oxygen atoms in total. The molecule has 0 unspecified atom stereocenters. The van der Waals surface area contributed by atoms with Crippen LogP contribution < -0.4 is 9.62 Å². The van der Waals surface area contributed by atoms with Crippen LogP contribution in [0.3, 0.4) is 0 Å². The van der Waals surface area contributed by atoms with E-state index in [9.17, 15) is 17.6 Å². The van der Waals surface area contributed by atoms with E-state index >= 15 is 0 Å². The van der Waals surface area contributed by atoms with Crippen molar-refractivity contribution in [1.82, 2.24) is 5.32 Å². The van der Waals surface area contributed by atoms with Gasteiger partial charge in [-0.1, -0.05) is 54.6 Å². The zero-order valence-electron chi connectivity index (χ0n) is 15.6. The first-order valence-corrected chi connectivity index (χ1v) is 10.6. The van der Waals surface area contributed by atoms with Crippen molar-refractivity contribution in [2.45, 2.75) is 19.5 Å². The molecule has 0 aliphatic heterocycles. The fourth-order valence-corrected chi connectivity index (χ4v) is 4.36. The van der Waals surface area contributed by atoms with Crippen molar-refractivity contribution >= 4 is 32.4 Å². The molecule has 1 atom stereocenters. The largest absolute Gasteiger partial charge is 0.350 e. The lowest BCUT2D eigenvalue weighted by molar-refractivity contribution is -0.122. The third-order valence-corrected chi connectivity index (χ3v) is 5.74. The summed E-state index contributed by atoms with van der Waals surface area (Å²) in [5.41, 5.74) is 0.758. The Bertz CT molecular complexity index is 1110. The summed E-state index contributed by atoms with van der Waals surface area (Å²) in [5.74, 6) is -1.22. The molecule has 0 spiro atoms. The van der Waals surface area contributed by atoms with Crippen LogP contribution in [-0.2, 0) is 21.4 Å². The van der Waals surface area contributed by atoms with E-state index in [-0.39, 0.29) is 12.2 Å². The van der Waals surface area contributed by atoms with Crippen molar-refractivity contribution in [2.75, 3.05) is 10.6 Å². The first-order valence-electron chi connectivity index (χ1n) is 8.77. The lowest BCUT2D eigenvalue weighted by Gasteiger charge is -2.28. The third-order valence-electron chi connectivity index (χ3n) is 4.51. The molecular formula is C21H21FN2O3S. The molecule has 28 heavy (non-hydrogen) atoms. The number of fused-ring (bicyclic) bond motifs is 1. The lowest BCUT2D eigenvalue weighted by Crippen LogP contribution is -2.48. The predicted molar refractivity (Wildman–Crippen MR) is 109 cm³/mol. The Kier molecular flexibility index (Phi) is 5.65. The van der Waals surface area contributed by atoms with Crippen LogP contribution in [0.5, 0.6) is 0 Å². The molecule has 0 heterocycles. The normalized spacial score (nSPS) is 12.5. The van der Waals surface area contributed by atoms with E-state index in [1.54, 1.807) is 0 Å². The molecule has 0 aromatic heterocycles. The number of hydrogen-bond acceptors (Lipinski definition) is 3. The third kappa shape index (κ3) is 4.14. The van der Waals surface area contributed by atoms with E-state index in [1.807, 2.05) is 42.5 Å². The molecule has 0 fully saturated rings. The van der Waals surface area contributed by atoms with Gasteiger partial charge >= 0.3 is 0 Å². The Morgan fingerprint density at radius 2 is 1.68 bits per heavy atom. The molecule has 1 N–H and O–H groups in total. The second-order valence-electron chi connectivity index (χ2n) is 6.54. The Labute approximate surface area is 163 Å². The van der Waals surface area contributed by atoms with Crippen molar-refractivity contribution in [2.24, 2.45) is 0 Å². The maximum Gasteiger partial charge on any atom is 0.243 e. The van der Waals surface area contributed by atoms with E-state index < -0.39 is 27.8 Å². The molecule has 0 radical (unpaired) electrons. The molecule has 3 aromatic carbocycles. The number of amides is 1. The predicted octanol–water partition coefficient (Wildman–Crippen LogP) is 3.45. The van der Waals surface area contributed by atoms with Crippen LogP contribution in [0.15, 0.2) is 66.7 Å². The van der Waals surface area contributed by atoms with Gasteiger partial charge in [-0.25, -0.2) is 12.8 Å². The van der Waals surface area contributed by atoms with E-state index in [0.29, 0.717) is 0 Å². The molecule has 0 bridgehead atoms. The summed E-state index contributed by atoms with van der Waals surface area (Å²) in [4.78, 5) is 12.7. The molecule has 7 heteroatoms. The van der Waals surface area contributed by atoms with Crippen molar-refractivity contribution in [3.05, 3.63) is 78.1 Å². The van der Waals surface area contributed by atoms with Crippen LogP contribution in [0.1, 0.15) is 12.5 Å². The molecule has 0 saturated carbocycles. The molecule has 0 aliphatic carbocycles. The number of carbonyl (C=O) groups is 1. The zero-order valence-corrected chi connectivity index (χ0v) is 16.4. The van der Waals surface area contributed by atoms with Gasteiger partial charge in [-0.2, -0.15) is 0 Å². The van der Waals surface area contributed by atoms with Gasteiger partial charge in [0.25, 0.3) is 0 Å². The van der Waals surface area contributed by atoms with Crippen molar-refractivity contribution in [3.63, 3.8) is 0 Å². The summed E-state index contributed by atoms with van der Waals surface area (Å²) in [7, 11) is -3.87. The smallest absolute Gasteiger partial charge is 0.243 e. The average Bonchev–Trinajstić information content (AvgIpc) is 2.66. The monoisotopic (exact) mass is 400 g/mol. The molecule has 0 aliphatic rings. The van der Waals surface area contributed by atoms with Gasteiger partial charge in [-0.3, -0.25) is 9.10 Å². The highest BCUT2D eigenvalue weighted by atomic mass is 32.2. The van der Waals surface area contributed by atoms with Gasteiger partial charge in [0.15, 0.2) is 0 Å². The van der Waals surface area contributed by atoms with E-state index in [1.165, 1.54) is 25.1 Å². The Morgan fingerprint density at radius 3 is 2.39 bits per heavy atom. The zero-order chi connectivity index (χ0) is 20.3. The fourth-order valence-electron chi connectivity index (χ4n) is 3.19. The van der Waals surface area contributed by atoms with Crippen LogP contribution in [0, 0.1) is 5.82 Å². The number of nitrogens with one attached hydrogen (secondary N) is 1. The van der Waals surface area contributed by atoms with Crippen LogP contribution in [-0.4, -0.2) is 26.6 Å². The number of hydrogen-bond donors (Lipinski definition) is 1. The molecule has 146 valence electrons. The van der Waals surface area contributed by atoms with Crippen LogP contribution in [0.25, 0.3) is 10.8 Å². The average molecular weight is 400 g/mol. The van der Waals surface area contributed by atoms with E-state index in [4.69, 9.17) is 0 Å². The summed E-state index contributed by atoms with van der Waals surface area (Å²) >= 11 is 0. The minimum Gasteiger partial charge on any atom is -0.350 e. The Morgan fingerprint density at radius 1 is 1.04 bits per heavy atom. The first-order chi connectivity index (χ1) is 13.3. The number of rotatable bonds is 6. The van der Waals surface area contributed by atoms with Gasteiger partial charge in [0.2, 0.25) is 15.9 Å². The van der Waals surface area contributed by atoms with E-state index in [2.05, 4.69) is 5.32 Å². The summed E-state index contributed by atoms with van der Waals surface area (Å²) < 4.78 is 39.5. The highest BCUT2D eigenvalue weighted by molar-refractivity contribution is 7.92. The standard InChI is InChI=1S/C21H21FN2O3S/c1-15(24(28(2,26)27)20-13-6-5-12-19(20)22)21(25)23-14-17-10-7-9-16-8-3-4-11-18(16)17/h3-13,15H,14H2,1-2H3,(H,23,25)/t15-/m0/s1. The van der Waals surface area contributed by atoms with Crippen molar-refractivity contribution in [1.29, 1.82) is 0 Å². The first kappa shape index (κ1) is 19.8. The minimum absolute atomic E-state index is 0.155. The van der Waals surface area contributed by atoms with Gasteiger partial charge < -0.3 is 5.32 Å². The van der Waals surface area contributed by atoms with Gasteiger partial charge in [-0.05, 0) is 35.4 Å². The van der Waals surface area contributed by atoms with Crippen molar-refractivity contribution < 1.29 is 17.6 Å². The molecule has 3 rings (SSSR count). The number of para-hydroxylation sites is 1. The lowest BCUT2D eigenvalue weighted by atomic mass is 10.0. The second-order valence-corrected chi connectivity index (χ2v) is 8.40. The van der Waals surface area contributed by atoms with Crippen LogP contribution in [0.2, 0.25) is 0 Å². The van der Waals surface area contributed by atoms with Crippen LogP contribution in [0.4, 0.5) is 10.1 Å². The molecule has 1 amide bonds. The molecule has 0 saturated heterocycles. The summed E-state index contributed by atoms with van der Waals surface area (Å²) in [6.07, 6.45) is 0.952. The number of halogens is 1. The van der Waals surface area contributed by atoms with Gasteiger partial charge in [-0.15, -0.1) is 0 Å². The van der Waals surface area contributed by atoms with E-state index in [0.717, 1.165) is 33.0 Å². The van der Waals surface area contributed by atoms with Gasteiger partial charge in [0.1, 0.15) is 11.9 Å². The number of anilines is 1. The SMILES string of the molecule is C[C@@H](C(=O)NCc1cccc2ccccc12)N(c1ccccc1F)S(C)(=O)=O. The Balaban J connectivity index is 1.83. The number of carbonyl (C=O) groups excluding carboxylic acids is 1. The molecule has 3 aromatic rings. The van der Waals surface area contributed by atoms with Gasteiger partial charge in [0.05, 0.1) is 11.9 Å². The summed E-state index contributed by atoms with van der Waals surface area (Å²) in [6.45, 7) is 1.67. The molecular weight excluding hydrogens is 379 g/mol. The summed E-state index contributed by atoms with van der Waals surface area (Å²) in [6, 6.07) is 17.9. The topological polar surface area (TPSA) is 66.5 Å². The maximum absolute atomic E-state index is 14.2. The maximum atomic E-state index is 14.2.